The highest BCUT2D eigenvalue weighted by Gasteiger charge is 2.29. The van der Waals surface area contributed by atoms with Crippen LogP contribution >= 0.6 is 0 Å². The van der Waals surface area contributed by atoms with Crippen LogP contribution in [0.25, 0.3) is 0 Å². The fraction of sp³-hybridized carbons (Fsp3) is 0.889. The van der Waals surface area contributed by atoms with E-state index in [1.165, 1.54) is 0 Å². The average molecular weight is 186 g/mol. The molecule has 0 unspecified atom stereocenters. The Morgan fingerprint density at radius 2 is 2.23 bits per heavy atom. The molecule has 1 rings (SSSR count). The van der Waals surface area contributed by atoms with Crippen molar-refractivity contribution in [3.63, 3.8) is 0 Å². The molecule has 0 radical (unpaired) electrons. The third-order valence-corrected chi connectivity index (χ3v) is 2.33. The number of hydrogen-bond donors (Lipinski definition) is 2. The quantitative estimate of drug-likeness (QED) is 0.630. The maximum absolute atomic E-state index is 10.9. The van der Waals surface area contributed by atoms with Gasteiger partial charge in [-0.1, -0.05) is 0 Å². The summed E-state index contributed by atoms with van der Waals surface area (Å²) in [5, 5.41) is 5.74. The fourth-order valence-corrected chi connectivity index (χ4v) is 1.43. The summed E-state index contributed by atoms with van der Waals surface area (Å²) in [7, 11) is 1.65. The van der Waals surface area contributed by atoms with Crippen LogP contribution in [0, 0.1) is 0 Å². The summed E-state index contributed by atoms with van der Waals surface area (Å²) in [5.74, 6) is 0.0415. The predicted octanol–water partition coefficient (Wildman–Crippen LogP) is -0.110. The average Bonchev–Trinajstić information content (AvgIpc) is 2.08. The second-order valence-corrected chi connectivity index (χ2v) is 3.30. The Labute approximate surface area is 79.0 Å². The zero-order valence-electron chi connectivity index (χ0n) is 8.30. The predicted molar refractivity (Wildman–Crippen MR) is 50.5 cm³/mol. The number of carbonyl (C=O) groups is 1. The van der Waals surface area contributed by atoms with Gasteiger partial charge in [-0.3, -0.25) is 4.79 Å². The monoisotopic (exact) mass is 186 g/mol. The van der Waals surface area contributed by atoms with E-state index in [1.54, 1.807) is 7.05 Å². The van der Waals surface area contributed by atoms with Crippen molar-refractivity contribution in [3.05, 3.63) is 0 Å². The summed E-state index contributed by atoms with van der Waals surface area (Å²) in [6.07, 6.45) is 2.47. The minimum atomic E-state index is 0.0415. The number of hydrogen-bond acceptors (Lipinski definition) is 3. The molecule has 1 aliphatic carbocycles. The van der Waals surface area contributed by atoms with Crippen LogP contribution in [0.1, 0.15) is 19.8 Å². The Kier molecular flexibility index (Phi) is 4.18. The van der Waals surface area contributed by atoms with Gasteiger partial charge in [0.25, 0.3) is 0 Å². The van der Waals surface area contributed by atoms with Gasteiger partial charge in [0.2, 0.25) is 5.91 Å². The Morgan fingerprint density at radius 3 is 2.77 bits per heavy atom. The minimum Gasteiger partial charge on any atom is -0.378 e. The van der Waals surface area contributed by atoms with Crippen molar-refractivity contribution >= 4 is 5.91 Å². The molecule has 13 heavy (non-hydrogen) atoms. The Balaban J connectivity index is 1.98. The fourth-order valence-electron chi connectivity index (χ4n) is 1.43. The molecule has 0 aromatic carbocycles. The molecule has 0 aromatic heterocycles. The third-order valence-electron chi connectivity index (χ3n) is 2.33. The summed E-state index contributed by atoms with van der Waals surface area (Å²) in [6, 6.07) is 0.467. The van der Waals surface area contributed by atoms with E-state index in [2.05, 4.69) is 10.6 Å². The highest BCUT2D eigenvalue weighted by molar-refractivity contribution is 5.77. The lowest BCUT2D eigenvalue weighted by molar-refractivity contribution is -0.120. The molecule has 0 aliphatic heterocycles. The van der Waals surface area contributed by atoms with Crippen LogP contribution < -0.4 is 10.6 Å². The van der Waals surface area contributed by atoms with Crippen molar-refractivity contribution in [1.82, 2.24) is 10.6 Å². The molecule has 0 spiro atoms. The lowest BCUT2D eigenvalue weighted by Gasteiger charge is -2.35. The Hall–Kier alpha value is -0.610. The van der Waals surface area contributed by atoms with Gasteiger partial charge in [-0.2, -0.15) is 0 Å². The lowest BCUT2D eigenvalue weighted by atomic mass is 9.89. The second kappa shape index (κ2) is 5.19. The van der Waals surface area contributed by atoms with Gasteiger partial charge in [0, 0.05) is 19.7 Å². The molecular formula is C9H18N2O2. The van der Waals surface area contributed by atoms with E-state index in [-0.39, 0.29) is 5.91 Å². The van der Waals surface area contributed by atoms with Gasteiger partial charge < -0.3 is 15.4 Å². The van der Waals surface area contributed by atoms with E-state index >= 15 is 0 Å². The number of nitrogens with one attached hydrogen (secondary N) is 2. The highest BCUT2D eigenvalue weighted by atomic mass is 16.5. The Morgan fingerprint density at radius 1 is 1.54 bits per heavy atom. The molecule has 4 nitrogen and oxygen atoms in total. The van der Waals surface area contributed by atoms with Gasteiger partial charge in [-0.05, 0) is 19.8 Å². The number of rotatable bonds is 5. The third kappa shape index (κ3) is 3.32. The molecule has 0 bridgehead atoms. The van der Waals surface area contributed by atoms with Crippen LogP contribution in [0.15, 0.2) is 0 Å². The summed E-state index contributed by atoms with van der Waals surface area (Å²) in [4.78, 5) is 10.9. The SMILES string of the molecule is CCOC1CC(NCC(=O)NC)C1. The largest absolute Gasteiger partial charge is 0.378 e. The standard InChI is InChI=1S/C9H18N2O2/c1-3-13-8-4-7(5-8)11-6-9(12)10-2/h7-8,11H,3-6H2,1-2H3,(H,10,12). The first-order valence-electron chi connectivity index (χ1n) is 4.81. The normalized spacial score (nSPS) is 26.6. The van der Waals surface area contributed by atoms with Gasteiger partial charge in [0.1, 0.15) is 0 Å². The van der Waals surface area contributed by atoms with Crippen LogP contribution in [0.5, 0.6) is 0 Å². The molecular weight excluding hydrogens is 168 g/mol. The number of amides is 1. The lowest BCUT2D eigenvalue weighted by Crippen LogP contribution is -2.48. The van der Waals surface area contributed by atoms with E-state index in [4.69, 9.17) is 4.74 Å². The Bertz CT molecular complexity index is 167. The zero-order chi connectivity index (χ0) is 9.68. The topological polar surface area (TPSA) is 50.4 Å². The first-order valence-corrected chi connectivity index (χ1v) is 4.81. The van der Waals surface area contributed by atoms with Crippen molar-refractivity contribution in [1.29, 1.82) is 0 Å². The molecule has 1 saturated carbocycles. The van der Waals surface area contributed by atoms with E-state index in [1.807, 2.05) is 6.92 Å². The van der Waals surface area contributed by atoms with Crippen LogP contribution in [-0.2, 0) is 9.53 Å². The molecule has 0 aromatic rings. The molecule has 1 amide bonds. The number of likely N-dealkylation sites (N-methyl/N-ethyl adjacent to an activating group) is 1. The summed E-state index contributed by atoms with van der Waals surface area (Å²) >= 11 is 0. The van der Waals surface area contributed by atoms with Crippen molar-refractivity contribution in [2.75, 3.05) is 20.2 Å². The van der Waals surface area contributed by atoms with Crippen LogP contribution in [0.4, 0.5) is 0 Å². The van der Waals surface area contributed by atoms with Crippen molar-refractivity contribution < 1.29 is 9.53 Å². The van der Waals surface area contributed by atoms with Crippen LogP contribution in [0.2, 0.25) is 0 Å². The van der Waals surface area contributed by atoms with Gasteiger partial charge >= 0.3 is 0 Å². The summed E-state index contributed by atoms with van der Waals surface area (Å²) in [5.41, 5.74) is 0. The van der Waals surface area contributed by atoms with Crippen LogP contribution in [0.3, 0.4) is 0 Å². The highest BCUT2D eigenvalue weighted by Crippen LogP contribution is 2.22. The minimum absolute atomic E-state index is 0.0415. The number of carbonyl (C=O) groups excluding carboxylic acids is 1. The molecule has 76 valence electrons. The summed E-state index contributed by atoms with van der Waals surface area (Å²) < 4.78 is 5.40. The molecule has 2 N–H and O–H groups in total. The zero-order valence-corrected chi connectivity index (χ0v) is 8.30. The molecule has 0 heterocycles. The number of ether oxygens (including phenoxy) is 1. The molecule has 0 saturated heterocycles. The van der Waals surface area contributed by atoms with Gasteiger partial charge in [-0.15, -0.1) is 0 Å². The first-order chi connectivity index (χ1) is 6.26. The molecule has 1 fully saturated rings. The summed E-state index contributed by atoms with van der Waals surface area (Å²) in [6.45, 7) is 3.21. The van der Waals surface area contributed by atoms with E-state index < -0.39 is 0 Å². The van der Waals surface area contributed by atoms with Crippen LogP contribution in [-0.4, -0.2) is 38.3 Å². The first kappa shape index (κ1) is 10.5. The van der Waals surface area contributed by atoms with Gasteiger partial charge in [0.05, 0.1) is 12.6 Å². The van der Waals surface area contributed by atoms with Gasteiger partial charge in [0.15, 0.2) is 0 Å². The van der Waals surface area contributed by atoms with E-state index in [9.17, 15) is 4.79 Å². The van der Waals surface area contributed by atoms with Crippen molar-refractivity contribution in [2.24, 2.45) is 0 Å². The van der Waals surface area contributed by atoms with E-state index in [0.29, 0.717) is 18.7 Å². The maximum atomic E-state index is 10.9. The van der Waals surface area contributed by atoms with E-state index in [0.717, 1.165) is 19.4 Å². The maximum Gasteiger partial charge on any atom is 0.233 e. The van der Waals surface area contributed by atoms with Crippen molar-refractivity contribution in [2.45, 2.75) is 31.9 Å². The smallest absolute Gasteiger partial charge is 0.233 e. The van der Waals surface area contributed by atoms with Gasteiger partial charge in [-0.25, -0.2) is 0 Å². The molecule has 4 heteroatoms. The molecule has 1 aliphatic rings. The van der Waals surface area contributed by atoms with Crippen molar-refractivity contribution in [3.8, 4) is 0 Å². The molecule has 0 atom stereocenters. The second-order valence-electron chi connectivity index (χ2n) is 3.30.